The van der Waals surface area contributed by atoms with Gasteiger partial charge in [-0.2, -0.15) is 4.98 Å². The maximum Gasteiger partial charge on any atom is 0.224 e. The molecule has 16 heteroatoms. The number of nitrogens with zero attached hydrogens (tertiary/aromatic N) is 11. The minimum Gasteiger partial charge on any atom is -0.342 e. The van der Waals surface area contributed by atoms with Crippen LogP contribution in [0.5, 0.6) is 0 Å². The van der Waals surface area contributed by atoms with Crippen LogP contribution in [-0.4, -0.2) is 65.1 Å². The summed E-state index contributed by atoms with van der Waals surface area (Å²) in [5.41, 5.74) is 29.0. The van der Waals surface area contributed by atoms with E-state index in [1.54, 1.807) is 18.5 Å². The second kappa shape index (κ2) is 54.3. The van der Waals surface area contributed by atoms with Gasteiger partial charge in [-0.3, -0.25) is 0 Å². The Morgan fingerprint density at radius 1 is 0.388 bits per heavy atom. The molecule has 0 radical (unpaired) electrons. The molecule has 0 spiro atoms. The number of nitrogens with one attached hydrogen (secondary N) is 2. The lowest BCUT2D eigenvalue weighted by Crippen LogP contribution is -2.14. The first kappa shape index (κ1) is 98.8. The number of rotatable bonds is 37. The highest BCUT2D eigenvalue weighted by Crippen LogP contribution is 2.32. The summed E-state index contributed by atoms with van der Waals surface area (Å²) in [6.07, 6.45) is 36.8. The quantitative estimate of drug-likeness (QED) is 0.0221. The fourth-order valence-electron chi connectivity index (χ4n) is 17.1. The summed E-state index contributed by atoms with van der Waals surface area (Å²) in [6, 6.07) is 131. The number of hydrogen-bond donors (Lipinski definition) is 2. The molecule has 0 fully saturated rings. The zero-order chi connectivity index (χ0) is 95.3. The Balaban J connectivity index is 0.000000133. The second-order valence-corrected chi connectivity index (χ2v) is 35.2. The smallest absolute Gasteiger partial charge is 0.224 e. The predicted molar refractivity (Wildman–Crippen MR) is 582 cm³/mol. The van der Waals surface area contributed by atoms with E-state index in [0.29, 0.717) is 12.2 Å². The second-order valence-electron chi connectivity index (χ2n) is 33.9. The van der Waals surface area contributed by atoms with E-state index in [1.807, 2.05) is 55.4 Å². The van der Waals surface area contributed by atoms with Gasteiger partial charge in [0.2, 0.25) is 5.28 Å². The molecule has 19 aromatic rings. The number of allylic oxidation sites excluding steroid dienone is 4. The first-order chi connectivity index (χ1) is 68.7. The SMILES string of the molecule is C(CCCn1ccnc1)=C(c1ccccc1)c1ccccc1.Cc1nc2ccccc2n1CCCC=C(c1ccccc1)c1ccccc1.Clc1nc(CCCCCC=C(c2ccccc2)c2ccccc2)c2[nH]cnc2n1.Fc1cccc(CNCCC=C(c2ccccc2)c2ccccc2)c1.Ic1nc(CCCCCC=C(c2ccccc2)c2ccccc2)c2ncn(Cc3ccccc3)c2n1. The number of para-hydroxylation sites is 2. The highest BCUT2D eigenvalue weighted by Gasteiger charge is 2.17. The predicted octanol–water partition coefficient (Wildman–Crippen LogP) is 30.4. The Labute approximate surface area is 836 Å². The van der Waals surface area contributed by atoms with Gasteiger partial charge in [0.15, 0.2) is 15.1 Å². The summed E-state index contributed by atoms with van der Waals surface area (Å²) in [7, 11) is 0. The van der Waals surface area contributed by atoms with Crippen LogP contribution in [0, 0.1) is 16.6 Å². The van der Waals surface area contributed by atoms with Crippen LogP contribution in [0.4, 0.5) is 4.39 Å². The minimum atomic E-state index is -0.186. The summed E-state index contributed by atoms with van der Waals surface area (Å²) in [5.74, 6) is 0.904. The topological polar surface area (TPSA) is 146 Å². The summed E-state index contributed by atoms with van der Waals surface area (Å²) in [6.45, 7) is 6.38. The molecule has 6 heterocycles. The van der Waals surface area contributed by atoms with Crippen molar-refractivity contribution in [3.05, 3.63) is 543 Å². The highest BCUT2D eigenvalue weighted by molar-refractivity contribution is 14.1. The van der Waals surface area contributed by atoms with Gasteiger partial charge < -0.3 is 24.0 Å². The fourth-order valence-corrected chi connectivity index (χ4v) is 17.8. The minimum absolute atomic E-state index is 0.186. The van der Waals surface area contributed by atoms with Crippen molar-refractivity contribution >= 4 is 95.4 Å². The standard InChI is InChI=1S/C31H29IN4.C25H24N2.C24H23ClN4.C23H22FN.C20H20N2/c32-31-34-28(29-30(35-31)36(23-33-29)22-24-14-6-3-7-15-24)21-13-2-1-12-20-27(25-16-8-4-9-17-25)26-18-10-5-11-19-26;1-20-26-24-17-8-9-18-25(24)27(20)19-11-10-16-23(21-12-4-2-5-13-21)22-14-6-3-7-15-22;25-24-28-21(22-23(29-24)27-17-26-22)16-10-2-1-9-15-20(18-11-5-3-6-12-18)19-13-7-4-8-14-19;24-22-14-7-9-19(17-22)18-25-16-8-15-23(20-10-3-1-4-11-20)21-12-5-2-6-13-21;1-3-9-18(10-4-1)20(19-11-5-2-6-12-19)13-7-8-15-22-16-14-21-17-22/h3-11,14-20,23H,1-2,12-13,21-22H2;2-9,12-18H,10-11,19H2,1H3;3-8,11-15,17H,1-2,9-10,16H2,(H,26,27,28,29);1-7,9-15,17,25H,8,16,18H2;1-6,9-14,16-17H,7-8,15H2. The molecule has 13 nitrogen and oxygen atoms in total. The van der Waals surface area contributed by atoms with E-state index in [0.717, 1.165) is 171 Å². The van der Waals surface area contributed by atoms with Gasteiger partial charge in [0, 0.05) is 54.6 Å². The lowest BCUT2D eigenvalue weighted by Gasteiger charge is -2.10. The van der Waals surface area contributed by atoms with E-state index in [2.05, 4.69) is 447 Å². The van der Waals surface area contributed by atoms with Crippen molar-refractivity contribution in [3.63, 3.8) is 0 Å². The molecule has 0 saturated carbocycles. The Morgan fingerprint density at radius 3 is 1.23 bits per heavy atom. The number of aromatic amines is 1. The Morgan fingerprint density at radius 2 is 0.791 bits per heavy atom. The lowest BCUT2D eigenvalue weighted by atomic mass is 9.96. The third-order valence-electron chi connectivity index (χ3n) is 24.0. The average Bonchev–Trinajstić information content (AvgIpc) is 1.65. The molecule has 0 atom stereocenters. The zero-order valence-electron chi connectivity index (χ0n) is 78.8. The molecule has 0 aliphatic heterocycles. The molecular formula is C123H118ClFIN13. The van der Waals surface area contributed by atoms with Crippen molar-refractivity contribution in [3.8, 4) is 0 Å². The molecule has 0 saturated heterocycles. The molecule has 0 unspecified atom stereocenters. The number of unbranched alkanes of at least 4 members (excludes halogenated alkanes) is 8. The van der Waals surface area contributed by atoms with Crippen molar-refractivity contribution in [1.29, 1.82) is 0 Å². The van der Waals surface area contributed by atoms with E-state index in [1.165, 1.54) is 101 Å². The monoisotopic (exact) mass is 1960 g/mol. The average molecular weight is 1960 g/mol. The van der Waals surface area contributed by atoms with E-state index < -0.39 is 0 Å². The molecule has 139 heavy (non-hydrogen) atoms. The molecule has 0 aliphatic rings. The van der Waals surface area contributed by atoms with E-state index in [9.17, 15) is 4.39 Å². The van der Waals surface area contributed by atoms with Crippen LogP contribution in [-0.2, 0) is 39.0 Å². The van der Waals surface area contributed by atoms with E-state index in [4.69, 9.17) is 21.6 Å². The fraction of sp³-hybridized carbons (Fsp3) is 0.171. The molecule has 0 amide bonds. The van der Waals surface area contributed by atoms with Crippen molar-refractivity contribution in [1.82, 2.24) is 63.9 Å². The maximum atomic E-state index is 13.2. The van der Waals surface area contributed by atoms with Crippen LogP contribution in [0.2, 0.25) is 5.28 Å². The van der Waals surface area contributed by atoms with Crippen LogP contribution in [0.25, 0.3) is 61.2 Å². The summed E-state index contributed by atoms with van der Waals surface area (Å²) >= 11 is 8.23. The molecule has 13 aromatic carbocycles. The van der Waals surface area contributed by atoms with Gasteiger partial charge >= 0.3 is 0 Å². The van der Waals surface area contributed by atoms with Crippen molar-refractivity contribution in [2.75, 3.05) is 6.54 Å². The van der Waals surface area contributed by atoms with Gasteiger partial charge in [-0.15, -0.1) is 0 Å². The number of aryl methyl sites for hydroxylation is 5. The first-order valence-corrected chi connectivity index (χ1v) is 49.8. The number of H-pyrrole nitrogens is 1. The van der Waals surface area contributed by atoms with Gasteiger partial charge in [0.25, 0.3) is 0 Å². The Hall–Kier alpha value is -14.8. The van der Waals surface area contributed by atoms with Gasteiger partial charge in [0.1, 0.15) is 22.7 Å². The van der Waals surface area contributed by atoms with Crippen LogP contribution < -0.4 is 5.32 Å². The molecule has 696 valence electrons. The normalized spacial score (nSPS) is 10.8. The van der Waals surface area contributed by atoms with E-state index in [-0.39, 0.29) is 11.1 Å². The lowest BCUT2D eigenvalue weighted by molar-refractivity contribution is 0.620. The zero-order valence-corrected chi connectivity index (χ0v) is 81.8. The van der Waals surface area contributed by atoms with Gasteiger partial charge in [-0.05, 0) is 227 Å². The van der Waals surface area contributed by atoms with Crippen molar-refractivity contribution in [2.24, 2.45) is 0 Å². The van der Waals surface area contributed by atoms with E-state index >= 15 is 0 Å². The van der Waals surface area contributed by atoms with Crippen molar-refractivity contribution in [2.45, 2.75) is 129 Å². The van der Waals surface area contributed by atoms with Crippen molar-refractivity contribution < 1.29 is 4.39 Å². The van der Waals surface area contributed by atoms with Gasteiger partial charge in [0.05, 0.1) is 47.9 Å². The largest absolute Gasteiger partial charge is 0.342 e. The summed E-state index contributed by atoms with van der Waals surface area (Å²) < 4.78 is 20.5. The Kier molecular flexibility index (Phi) is 38.5. The molecule has 0 bridgehead atoms. The number of benzene rings is 13. The molecule has 0 aliphatic carbocycles. The number of hydrogen-bond acceptors (Lipinski definition) is 9. The first-order valence-electron chi connectivity index (χ1n) is 48.3. The van der Waals surface area contributed by atoms with Gasteiger partial charge in [-0.25, -0.2) is 39.3 Å². The molecule has 6 aromatic heterocycles. The maximum absolute atomic E-state index is 13.2. The van der Waals surface area contributed by atoms with Crippen LogP contribution in [0.3, 0.4) is 0 Å². The number of aromatic nitrogens is 12. The molecule has 19 rings (SSSR count). The molecular weight excluding hydrogens is 1840 g/mol. The summed E-state index contributed by atoms with van der Waals surface area (Å²) in [5, 5.41) is 3.64. The number of imidazole rings is 4. The van der Waals surface area contributed by atoms with Gasteiger partial charge in [-0.1, -0.05) is 401 Å². The third-order valence-corrected chi connectivity index (χ3v) is 24.7. The number of fused-ring (bicyclic) bond motifs is 3. The van der Waals surface area contributed by atoms with Crippen LogP contribution in [0.1, 0.15) is 167 Å². The third kappa shape index (κ3) is 30.4. The number of halogens is 3. The molecule has 2 N–H and O–H groups in total. The highest BCUT2D eigenvalue weighted by atomic mass is 127. The Bertz CT molecular complexity index is 6820. The summed E-state index contributed by atoms with van der Waals surface area (Å²) in [4.78, 5) is 38.7. The van der Waals surface area contributed by atoms with Crippen LogP contribution >= 0.6 is 34.2 Å². The van der Waals surface area contributed by atoms with Crippen LogP contribution in [0.15, 0.2) is 444 Å².